The highest BCUT2D eigenvalue weighted by Gasteiger charge is 2.37. The van der Waals surface area contributed by atoms with E-state index in [0.717, 1.165) is 29.8 Å². The van der Waals surface area contributed by atoms with E-state index in [1.165, 1.54) is 19.3 Å². The molecule has 5 nitrogen and oxygen atoms in total. The fourth-order valence-corrected chi connectivity index (χ4v) is 4.58. The van der Waals surface area contributed by atoms with Gasteiger partial charge in [0.15, 0.2) is 5.82 Å². The van der Waals surface area contributed by atoms with Gasteiger partial charge in [0.05, 0.1) is 4.88 Å². The molecule has 1 saturated heterocycles. The molecule has 0 aromatic carbocycles. The third-order valence-electron chi connectivity index (χ3n) is 5.04. The number of aryl methyl sites for hydroxylation is 1. The molecular weight excluding hydrogens is 310 g/mol. The van der Waals surface area contributed by atoms with Gasteiger partial charge in [-0.2, -0.15) is 4.98 Å². The maximum Gasteiger partial charge on any atom is 0.268 e. The minimum Gasteiger partial charge on any atom is -0.339 e. The van der Waals surface area contributed by atoms with Crippen LogP contribution in [0.4, 0.5) is 0 Å². The Balaban J connectivity index is 1.50. The third-order valence-corrected chi connectivity index (χ3v) is 6.04. The van der Waals surface area contributed by atoms with Gasteiger partial charge in [0.2, 0.25) is 5.91 Å². The van der Waals surface area contributed by atoms with Crippen molar-refractivity contribution < 1.29 is 9.32 Å². The van der Waals surface area contributed by atoms with Crippen LogP contribution in [0.1, 0.15) is 55.8 Å². The monoisotopic (exact) mass is 331 g/mol. The number of aromatic nitrogens is 2. The van der Waals surface area contributed by atoms with E-state index in [9.17, 15) is 4.79 Å². The van der Waals surface area contributed by atoms with Crippen molar-refractivity contribution in [2.45, 2.75) is 57.4 Å². The van der Waals surface area contributed by atoms with Gasteiger partial charge in [0.1, 0.15) is 0 Å². The highest BCUT2D eigenvalue weighted by atomic mass is 32.1. The van der Waals surface area contributed by atoms with Gasteiger partial charge in [-0.3, -0.25) is 4.79 Å². The quantitative estimate of drug-likeness (QED) is 0.859. The molecule has 0 spiro atoms. The lowest BCUT2D eigenvalue weighted by molar-refractivity contribution is -0.130. The Morgan fingerprint density at radius 3 is 2.87 bits per heavy atom. The summed E-state index contributed by atoms with van der Waals surface area (Å²) in [7, 11) is 0. The number of nitrogens with zero attached hydrogens (tertiary/aromatic N) is 3. The Hall–Kier alpha value is -1.69. The Labute approximate surface area is 139 Å². The van der Waals surface area contributed by atoms with Crippen LogP contribution in [0.25, 0.3) is 10.8 Å². The lowest BCUT2D eigenvalue weighted by Gasteiger charge is -2.31. The Morgan fingerprint density at radius 2 is 2.13 bits per heavy atom. The van der Waals surface area contributed by atoms with Gasteiger partial charge in [-0.05, 0) is 36.8 Å². The molecule has 1 aliphatic heterocycles. The molecule has 0 unspecified atom stereocenters. The molecule has 0 radical (unpaired) electrons. The van der Waals surface area contributed by atoms with E-state index < -0.39 is 0 Å². The van der Waals surface area contributed by atoms with Crippen molar-refractivity contribution in [1.29, 1.82) is 0 Å². The summed E-state index contributed by atoms with van der Waals surface area (Å²) in [5.74, 6) is 1.58. The second-order valence-electron chi connectivity index (χ2n) is 6.63. The molecule has 2 fully saturated rings. The summed E-state index contributed by atoms with van der Waals surface area (Å²) in [6.45, 7) is 2.78. The fraction of sp³-hybridized carbons (Fsp3) is 0.588. The smallest absolute Gasteiger partial charge is 0.268 e. The molecule has 6 heteroatoms. The van der Waals surface area contributed by atoms with Crippen molar-refractivity contribution in [3.05, 3.63) is 22.8 Å². The molecule has 1 amide bonds. The number of likely N-dealkylation sites (tertiary alicyclic amines) is 1. The number of carbonyl (C=O) groups is 1. The van der Waals surface area contributed by atoms with Crippen LogP contribution in [0.3, 0.4) is 0 Å². The second kappa shape index (κ2) is 6.07. The first-order valence-corrected chi connectivity index (χ1v) is 9.28. The van der Waals surface area contributed by atoms with Crippen molar-refractivity contribution in [2.75, 3.05) is 6.54 Å². The van der Waals surface area contributed by atoms with Gasteiger partial charge < -0.3 is 9.42 Å². The molecular formula is C17H21N3O2S. The van der Waals surface area contributed by atoms with E-state index in [1.807, 2.05) is 18.4 Å². The number of thiophene rings is 1. The summed E-state index contributed by atoms with van der Waals surface area (Å²) in [6.07, 6.45) is 6.58. The Bertz CT molecular complexity index is 702. The summed E-state index contributed by atoms with van der Waals surface area (Å²) in [5, 5.41) is 6.18. The molecule has 2 aromatic rings. The third kappa shape index (κ3) is 2.80. The SMILES string of the molecule is Cc1ccsc1-c1nc([C@H]2CC(=O)N(C3CCCCC3)C2)no1. The molecule has 1 atom stereocenters. The van der Waals surface area contributed by atoms with Gasteiger partial charge in [-0.1, -0.05) is 24.4 Å². The first-order chi connectivity index (χ1) is 11.2. The zero-order chi connectivity index (χ0) is 15.8. The summed E-state index contributed by atoms with van der Waals surface area (Å²) >= 11 is 1.61. The van der Waals surface area contributed by atoms with Crippen LogP contribution < -0.4 is 0 Å². The van der Waals surface area contributed by atoms with E-state index in [1.54, 1.807) is 11.3 Å². The summed E-state index contributed by atoms with van der Waals surface area (Å²) in [6, 6.07) is 2.47. The van der Waals surface area contributed by atoms with E-state index in [0.29, 0.717) is 24.2 Å². The van der Waals surface area contributed by atoms with Crippen LogP contribution in [-0.4, -0.2) is 33.5 Å². The van der Waals surface area contributed by atoms with E-state index >= 15 is 0 Å². The lowest BCUT2D eigenvalue weighted by atomic mass is 9.94. The maximum atomic E-state index is 12.4. The Kier molecular flexibility index (Phi) is 3.93. The average Bonchev–Trinajstić information content (AvgIpc) is 3.27. The van der Waals surface area contributed by atoms with Crippen LogP contribution in [0, 0.1) is 6.92 Å². The first-order valence-electron chi connectivity index (χ1n) is 8.40. The molecule has 4 rings (SSSR count). The van der Waals surface area contributed by atoms with Crippen molar-refractivity contribution in [3.63, 3.8) is 0 Å². The molecule has 2 aromatic heterocycles. The maximum absolute atomic E-state index is 12.4. The van der Waals surface area contributed by atoms with Crippen LogP contribution in [0.2, 0.25) is 0 Å². The summed E-state index contributed by atoms with van der Waals surface area (Å²) < 4.78 is 5.44. The molecule has 0 bridgehead atoms. The first kappa shape index (κ1) is 14.9. The zero-order valence-electron chi connectivity index (χ0n) is 13.3. The van der Waals surface area contributed by atoms with Crippen molar-refractivity contribution in [1.82, 2.24) is 15.0 Å². The van der Waals surface area contributed by atoms with E-state index in [4.69, 9.17) is 4.52 Å². The predicted molar refractivity (Wildman–Crippen MR) is 88.3 cm³/mol. The summed E-state index contributed by atoms with van der Waals surface area (Å²) in [4.78, 5) is 20.0. The second-order valence-corrected chi connectivity index (χ2v) is 7.55. The number of amides is 1. The standard InChI is InChI=1S/C17H21N3O2S/c1-11-7-8-23-15(11)17-18-16(19-22-17)12-9-14(21)20(10-12)13-5-3-2-4-6-13/h7-8,12-13H,2-6,9-10H2,1H3/t12-/m0/s1. The molecule has 23 heavy (non-hydrogen) atoms. The molecule has 0 N–H and O–H groups in total. The predicted octanol–water partition coefficient (Wildman–Crippen LogP) is 3.76. The zero-order valence-corrected chi connectivity index (χ0v) is 14.1. The molecule has 2 aliphatic rings. The lowest BCUT2D eigenvalue weighted by Crippen LogP contribution is -2.37. The molecule has 122 valence electrons. The molecule has 1 aliphatic carbocycles. The molecule has 3 heterocycles. The van der Waals surface area contributed by atoms with Crippen molar-refractivity contribution in [2.24, 2.45) is 0 Å². The average molecular weight is 331 g/mol. The van der Waals surface area contributed by atoms with Crippen molar-refractivity contribution in [3.8, 4) is 10.8 Å². The van der Waals surface area contributed by atoms with Gasteiger partial charge in [-0.15, -0.1) is 11.3 Å². The van der Waals surface area contributed by atoms with Gasteiger partial charge in [0.25, 0.3) is 5.89 Å². The normalized spacial score (nSPS) is 22.9. The van der Waals surface area contributed by atoms with Gasteiger partial charge in [0, 0.05) is 24.9 Å². The topological polar surface area (TPSA) is 59.2 Å². The van der Waals surface area contributed by atoms with E-state index in [-0.39, 0.29) is 11.8 Å². The number of carbonyl (C=O) groups excluding carboxylic acids is 1. The van der Waals surface area contributed by atoms with Crippen LogP contribution in [0.5, 0.6) is 0 Å². The minimum absolute atomic E-state index is 0.0715. The Morgan fingerprint density at radius 1 is 1.30 bits per heavy atom. The molecule has 1 saturated carbocycles. The minimum atomic E-state index is 0.0715. The van der Waals surface area contributed by atoms with Gasteiger partial charge >= 0.3 is 0 Å². The number of hydrogen-bond acceptors (Lipinski definition) is 5. The van der Waals surface area contributed by atoms with Crippen LogP contribution in [0.15, 0.2) is 16.0 Å². The number of rotatable bonds is 3. The largest absolute Gasteiger partial charge is 0.339 e. The highest BCUT2D eigenvalue weighted by Crippen LogP contribution is 2.34. The number of hydrogen-bond donors (Lipinski definition) is 0. The van der Waals surface area contributed by atoms with E-state index in [2.05, 4.69) is 15.0 Å². The highest BCUT2D eigenvalue weighted by molar-refractivity contribution is 7.13. The van der Waals surface area contributed by atoms with Crippen molar-refractivity contribution >= 4 is 17.2 Å². The van der Waals surface area contributed by atoms with Crippen LogP contribution in [-0.2, 0) is 4.79 Å². The summed E-state index contributed by atoms with van der Waals surface area (Å²) in [5.41, 5.74) is 1.15. The van der Waals surface area contributed by atoms with Gasteiger partial charge in [-0.25, -0.2) is 0 Å². The fourth-order valence-electron chi connectivity index (χ4n) is 3.73. The van der Waals surface area contributed by atoms with Crippen LogP contribution >= 0.6 is 11.3 Å².